The number of nitrogens with one attached hydrogen (secondary N) is 1. The number of tetrazole rings is 1. The number of benzene rings is 1. The highest BCUT2D eigenvalue weighted by molar-refractivity contribution is 5.91. The SMILES string of the molecule is CC(N)CC(=O)Nc1cccc(-c2nnnn2C2CC2)c1. The summed E-state index contributed by atoms with van der Waals surface area (Å²) in [5.74, 6) is 0.643. The molecule has 7 heteroatoms. The Morgan fingerprint density at radius 2 is 2.33 bits per heavy atom. The molecule has 110 valence electrons. The molecular formula is C14H18N6O. The number of nitrogens with two attached hydrogens (primary N) is 1. The molecule has 0 bridgehead atoms. The maximum Gasteiger partial charge on any atom is 0.225 e. The summed E-state index contributed by atoms with van der Waals surface area (Å²) in [6, 6.07) is 7.79. The predicted molar refractivity (Wildman–Crippen MR) is 78.4 cm³/mol. The van der Waals surface area contributed by atoms with Gasteiger partial charge in [0, 0.05) is 23.7 Å². The zero-order valence-electron chi connectivity index (χ0n) is 11.9. The van der Waals surface area contributed by atoms with Crippen molar-refractivity contribution >= 4 is 11.6 Å². The zero-order valence-corrected chi connectivity index (χ0v) is 11.9. The van der Waals surface area contributed by atoms with Crippen molar-refractivity contribution in [2.24, 2.45) is 5.73 Å². The van der Waals surface area contributed by atoms with Crippen LogP contribution in [0.3, 0.4) is 0 Å². The van der Waals surface area contributed by atoms with E-state index in [0.29, 0.717) is 12.5 Å². The van der Waals surface area contributed by atoms with Crippen LogP contribution < -0.4 is 11.1 Å². The van der Waals surface area contributed by atoms with Crippen LogP contribution in [-0.2, 0) is 4.79 Å². The van der Waals surface area contributed by atoms with Gasteiger partial charge in [0.15, 0.2) is 5.82 Å². The van der Waals surface area contributed by atoms with Crippen LogP contribution in [0.5, 0.6) is 0 Å². The Hall–Kier alpha value is -2.28. The van der Waals surface area contributed by atoms with E-state index in [1.165, 1.54) is 0 Å². The van der Waals surface area contributed by atoms with Crippen LogP contribution in [0.2, 0.25) is 0 Å². The molecule has 3 N–H and O–H groups in total. The maximum absolute atomic E-state index is 11.8. The molecule has 3 rings (SSSR count). The fourth-order valence-electron chi connectivity index (χ4n) is 2.19. The first-order valence-electron chi connectivity index (χ1n) is 7.07. The third-order valence-corrected chi connectivity index (χ3v) is 3.30. The molecule has 1 amide bonds. The van der Waals surface area contributed by atoms with E-state index in [4.69, 9.17) is 5.73 Å². The lowest BCUT2D eigenvalue weighted by atomic mass is 10.1. The topological polar surface area (TPSA) is 98.7 Å². The Balaban J connectivity index is 1.79. The van der Waals surface area contributed by atoms with Gasteiger partial charge in [0.25, 0.3) is 0 Å². The molecule has 1 aliphatic carbocycles. The van der Waals surface area contributed by atoms with Crippen molar-refractivity contribution in [3.05, 3.63) is 24.3 Å². The second-order valence-corrected chi connectivity index (χ2v) is 5.49. The summed E-state index contributed by atoms with van der Waals surface area (Å²) in [4.78, 5) is 11.8. The van der Waals surface area contributed by atoms with Gasteiger partial charge in [0.2, 0.25) is 5.91 Å². The number of rotatable bonds is 5. The van der Waals surface area contributed by atoms with Gasteiger partial charge in [-0.2, -0.15) is 0 Å². The van der Waals surface area contributed by atoms with Gasteiger partial charge >= 0.3 is 0 Å². The normalized spacial score (nSPS) is 15.7. The zero-order chi connectivity index (χ0) is 14.8. The molecular weight excluding hydrogens is 268 g/mol. The number of carbonyl (C=O) groups is 1. The molecule has 0 radical (unpaired) electrons. The van der Waals surface area contributed by atoms with Gasteiger partial charge in [-0.15, -0.1) is 5.10 Å². The molecule has 1 aromatic carbocycles. The highest BCUT2D eigenvalue weighted by Gasteiger charge is 2.28. The first kappa shape index (κ1) is 13.7. The van der Waals surface area contributed by atoms with Crippen molar-refractivity contribution in [1.82, 2.24) is 20.2 Å². The van der Waals surface area contributed by atoms with E-state index in [1.54, 1.807) is 6.92 Å². The highest BCUT2D eigenvalue weighted by Crippen LogP contribution is 2.36. The van der Waals surface area contributed by atoms with E-state index in [-0.39, 0.29) is 11.9 Å². The smallest absolute Gasteiger partial charge is 0.225 e. The molecule has 1 saturated carbocycles. The summed E-state index contributed by atoms with van der Waals surface area (Å²) in [5.41, 5.74) is 7.24. The number of carbonyl (C=O) groups excluding carboxylic acids is 1. The molecule has 0 spiro atoms. The van der Waals surface area contributed by atoms with Crippen LogP contribution in [-0.4, -0.2) is 32.2 Å². The monoisotopic (exact) mass is 286 g/mol. The van der Waals surface area contributed by atoms with Gasteiger partial charge in [-0.25, -0.2) is 4.68 Å². The summed E-state index contributed by atoms with van der Waals surface area (Å²) in [6.07, 6.45) is 2.52. The number of aromatic nitrogens is 4. The van der Waals surface area contributed by atoms with E-state index < -0.39 is 0 Å². The second kappa shape index (κ2) is 5.61. The third kappa shape index (κ3) is 3.25. The number of nitrogens with zero attached hydrogens (tertiary/aromatic N) is 4. The summed E-state index contributed by atoms with van der Waals surface area (Å²) in [5, 5.41) is 14.7. The molecule has 2 aromatic rings. The minimum Gasteiger partial charge on any atom is -0.327 e. The lowest BCUT2D eigenvalue weighted by Crippen LogP contribution is -2.23. The van der Waals surface area contributed by atoms with E-state index >= 15 is 0 Å². The summed E-state index contributed by atoms with van der Waals surface area (Å²) in [7, 11) is 0. The molecule has 1 aliphatic rings. The lowest BCUT2D eigenvalue weighted by molar-refractivity contribution is -0.116. The molecule has 1 fully saturated rings. The van der Waals surface area contributed by atoms with Gasteiger partial charge in [0.1, 0.15) is 0 Å². The number of hydrogen-bond acceptors (Lipinski definition) is 5. The van der Waals surface area contributed by atoms with Crippen molar-refractivity contribution in [1.29, 1.82) is 0 Å². The van der Waals surface area contributed by atoms with Crippen LogP contribution in [0.25, 0.3) is 11.4 Å². The van der Waals surface area contributed by atoms with E-state index in [9.17, 15) is 4.79 Å². The minimum atomic E-state index is -0.157. The van der Waals surface area contributed by atoms with Gasteiger partial charge in [-0.1, -0.05) is 12.1 Å². The van der Waals surface area contributed by atoms with Crippen molar-refractivity contribution in [2.75, 3.05) is 5.32 Å². The van der Waals surface area contributed by atoms with Gasteiger partial charge in [-0.3, -0.25) is 4.79 Å². The van der Waals surface area contributed by atoms with Gasteiger partial charge in [-0.05, 0) is 42.3 Å². The Bertz CT molecular complexity index is 646. The molecule has 1 aromatic heterocycles. The van der Waals surface area contributed by atoms with Crippen LogP contribution >= 0.6 is 0 Å². The van der Waals surface area contributed by atoms with Crippen molar-refractivity contribution < 1.29 is 4.79 Å². The first-order valence-corrected chi connectivity index (χ1v) is 7.07. The van der Waals surface area contributed by atoms with Crippen molar-refractivity contribution in [2.45, 2.75) is 38.3 Å². The second-order valence-electron chi connectivity index (χ2n) is 5.49. The van der Waals surface area contributed by atoms with Crippen LogP contribution in [0, 0.1) is 0 Å². The van der Waals surface area contributed by atoms with E-state index in [2.05, 4.69) is 20.8 Å². The molecule has 21 heavy (non-hydrogen) atoms. The van der Waals surface area contributed by atoms with E-state index in [0.717, 1.165) is 29.9 Å². The predicted octanol–water partition coefficient (Wildman–Crippen LogP) is 1.35. The van der Waals surface area contributed by atoms with Crippen molar-refractivity contribution in [3.63, 3.8) is 0 Å². The quantitative estimate of drug-likeness (QED) is 0.864. The van der Waals surface area contributed by atoms with Crippen LogP contribution in [0.4, 0.5) is 5.69 Å². The van der Waals surface area contributed by atoms with E-state index in [1.807, 2.05) is 28.9 Å². The Morgan fingerprint density at radius 3 is 3.05 bits per heavy atom. The number of anilines is 1. The molecule has 7 nitrogen and oxygen atoms in total. The van der Waals surface area contributed by atoms with Crippen LogP contribution in [0.15, 0.2) is 24.3 Å². The summed E-state index contributed by atoms with van der Waals surface area (Å²) >= 11 is 0. The standard InChI is InChI=1S/C14H18N6O/c1-9(15)7-13(21)16-11-4-2-3-10(8-11)14-17-18-19-20(14)12-5-6-12/h2-4,8-9,12H,5-7,15H2,1H3,(H,16,21). The summed E-state index contributed by atoms with van der Waals surface area (Å²) in [6.45, 7) is 1.81. The van der Waals surface area contributed by atoms with Crippen LogP contribution in [0.1, 0.15) is 32.2 Å². The molecule has 1 atom stereocenters. The average molecular weight is 286 g/mol. The molecule has 0 aliphatic heterocycles. The van der Waals surface area contributed by atoms with Gasteiger partial charge in [0.05, 0.1) is 6.04 Å². The Kier molecular flexibility index (Phi) is 3.66. The average Bonchev–Trinajstić information content (AvgIpc) is 3.15. The third-order valence-electron chi connectivity index (χ3n) is 3.30. The Labute approximate surface area is 122 Å². The molecule has 1 heterocycles. The Morgan fingerprint density at radius 1 is 1.52 bits per heavy atom. The lowest BCUT2D eigenvalue weighted by Gasteiger charge is -2.09. The number of hydrogen-bond donors (Lipinski definition) is 2. The first-order chi connectivity index (χ1) is 10.1. The molecule has 1 unspecified atom stereocenters. The van der Waals surface area contributed by atoms with Crippen molar-refractivity contribution in [3.8, 4) is 11.4 Å². The molecule has 0 saturated heterocycles. The fraction of sp³-hybridized carbons (Fsp3) is 0.429. The minimum absolute atomic E-state index is 0.0936. The largest absolute Gasteiger partial charge is 0.327 e. The summed E-state index contributed by atoms with van der Waals surface area (Å²) < 4.78 is 1.85. The number of amides is 1. The highest BCUT2D eigenvalue weighted by atomic mass is 16.1. The maximum atomic E-state index is 11.8. The van der Waals surface area contributed by atoms with Gasteiger partial charge < -0.3 is 11.1 Å². The fourth-order valence-corrected chi connectivity index (χ4v) is 2.19.